The Bertz CT molecular complexity index is 775. The standard InChI is InChI=1S/C14H18Br2S3Si2/c1-20(2,3)13-7(15)9-11(18-13)12-10(17-9)8(16)14(19-12)21(4,5)6/h1-6H3. The molecule has 0 N–H and O–H groups in total. The van der Waals surface area contributed by atoms with Crippen LogP contribution in [0.2, 0.25) is 39.3 Å². The molecule has 0 radical (unpaired) electrons. The lowest BCUT2D eigenvalue weighted by Gasteiger charge is -2.13. The quantitative estimate of drug-likeness (QED) is 0.341. The van der Waals surface area contributed by atoms with Crippen LogP contribution in [0.4, 0.5) is 0 Å². The van der Waals surface area contributed by atoms with E-state index in [4.69, 9.17) is 0 Å². The van der Waals surface area contributed by atoms with Gasteiger partial charge in [-0.2, -0.15) is 0 Å². The lowest BCUT2D eigenvalue weighted by atomic mass is 10.5. The molecule has 0 amide bonds. The average Bonchev–Trinajstić information content (AvgIpc) is 2.90. The minimum Gasteiger partial charge on any atom is -0.141 e. The Hall–Kier alpha value is 1.01. The fourth-order valence-electron chi connectivity index (χ4n) is 2.34. The van der Waals surface area contributed by atoms with Gasteiger partial charge in [-0.15, -0.1) is 34.0 Å². The number of fused-ring (bicyclic) bond motifs is 3. The van der Waals surface area contributed by atoms with Crippen molar-refractivity contribution in [2.45, 2.75) is 39.3 Å². The summed E-state index contributed by atoms with van der Waals surface area (Å²) in [6, 6.07) is 0. The highest BCUT2D eigenvalue weighted by Gasteiger charge is 2.30. The molecule has 0 atom stereocenters. The largest absolute Gasteiger partial charge is 0.141 e. The molecule has 114 valence electrons. The Morgan fingerprint density at radius 2 is 0.905 bits per heavy atom. The summed E-state index contributed by atoms with van der Waals surface area (Å²) in [4.78, 5) is 0. The number of hydrogen-bond acceptors (Lipinski definition) is 3. The maximum absolute atomic E-state index is 3.89. The van der Waals surface area contributed by atoms with Gasteiger partial charge >= 0.3 is 0 Å². The molecule has 0 saturated carbocycles. The van der Waals surface area contributed by atoms with E-state index in [9.17, 15) is 0 Å². The Labute approximate surface area is 156 Å². The minimum atomic E-state index is -1.28. The van der Waals surface area contributed by atoms with Gasteiger partial charge in [-0.05, 0) is 31.9 Å². The van der Waals surface area contributed by atoms with Gasteiger partial charge in [0.05, 0.1) is 34.9 Å². The van der Waals surface area contributed by atoms with Crippen molar-refractivity contribution in [2.24, 2.45) is 0 Å². The second-order valence-corrected chi connectivity index (χ2v) is 22.8. The molecule has 0 fully saturated rings. The van der Waals surface area contributed by atoms with Crippen LogP contribution in [-0.4, -0.2) is 16.1 Å². The molecule has 3 heterocycles. The fourth-order valence-corrected chi connectivity index (χ4v) is 15.9. The van der Waals surface area contributed by atoms with Crippen molar-refractivity contribution in [2.75, 3.05) is 0 Å². The fraction of sp³-hybridized carbons (Fsp3) is 0.429. The van der Waals surface area contributed by atoms with E-state index in [-0.39, 0.29) is 0 Å². The van der Waals surface area contributed by atoms with Crippen molar-refractivity contribution in [3.63, 3.8) is 0 Å². The van der Waals surface area contributed by atoms with Gasteiger partial charge in [-0.1, -0.05) is 39.3 Å². The average molecular weight is 498 g/mol. The summed E-state index contributed by atoms with van der Waals surface area (Å²) in [5, 5.41) is 0. The van der Waals surface area contributed by atoms with E-state index in [1.165, 1.54) is 27.7 Å². The van der Waals surface area contributed by atoms with Gasteiger partial charge in [0.1, 0.15) is 0 Å². The summed E-state index contributed by atoms with van der Waals surface area (Å²) in [5.74, 6) is 0. The molecule has 0 aliphatic rings. The Morgan fingerprint density at radius 3 is 1.19 bits per heavy atom. The molecule has 0 spiro atoms. The van der Waals surface area contributed by atoms with Crippen LogP contribution in [0, 0.1) is 0 Å². The lowest BCUT2D eigenvalue weighted by molar-refractivity contribution is 1.78. The molecular weight excluding hydrogens is 480 g/mol. The number of hydrogen-bond donors (Lipinski definition) is 0. The zero-order valence-corrected chi connectivity index (χ0v) is 20.6. The van der Waals surface area contributed by atoms with E-state index in [0.29, 0.717) is 0 Å². The van der Waals surface area contributed by atoms with Gasteiger partial charge in [-0.3, -0.25) is 0 Å². The maximum atomic E-state index is 3.89. The smallest absolute Gasteiger partial charge is 0.0920 e. The molecule has 0 unspecified atom stereocenters. The van der Waals surface area contributed by atoms with Crippen molar-refractivity contribution in [3.05, 3.63) is 8.95 Å². The van der Waals surface area contributed by atoms with Crippen LogP contribution >= 0.6 is 65.9 Å². The molecule has 3 aromatic rings. The van der Waals surface area contributed by atoms with Gasteiger partial charge in [0.2, 0.25) is 0 Å². The van der Waals surface area contributed by atoms with Crippen molar-refractivity contribution < 1.29 is 0 Å². The predicted octanol–water partition coefficient (Wildman–Crippen LogP) is 6.79. The monoisotopic (exact) mass is 496 g/mol. The van der Waals surface area contributed by atoms with Crippen LogP contribution in [0.3, 0.4) is 0 Å². The molecular formula is C14H18Br2S3Si2. The van der Waals surface area contributed by atoms with Crippen LogP contribution in [0.25, 0.3) is 18.8 Å². The molecule has 3 rings (SSSR count). The summed E-state index contributed by atoms with van der Waals surface area (Å²) in [5.41, 5.74) is 0. The topological polar surface area (TPSA) is 0 Å². The number of rotatable bonds is 2. The zero-order chi connectivity index (χ0) is 15.7. The lowest BCUT2D eigenvalue weighted by Crippen LogP contribution is -2.35. The van der Waals surface area contributed by atoms with Crippen molar-refractivity contribution in [1.82, 2.24) is 0 Å². The van der Waals surface area contributed by atoms with Gasteiger partial charge in [-0.25, -0.2) is 0 Å². The van der Waals surface area contributed by atoms with E-state index < -0.39 is 16.1 Å². The first-order valence-electron chi connectivity index (χ1n) is 6.85. The molecule has 0 aliphatic carbocycles. The highest BCUT2D eigenvalue weighted by atomic mass is 79.9. The van der Waals surface area contributed by atoms with Crippen molar-refractivity contribution >= 4 is 110 Å². The van der Waals surface area contributed by atoms with Crippen LogP contribution < -0.4 is 9.00 Å². The highest BCUT2D eigenvalue weighted by Crippen LogP contribution is 2.47. The summed E-state index contributed by atoms with van der Waals surface area (Å²) in [6.07, 6.45) is 0. The second kappa shape index (κ2) is 5.26. The van der Waals surface area contributed by atoms with E-state index in [1.807, 2.05) is 34.0 Å². The molecule has 0 bridgehead atoms. The van der Waals surface area contributed by atoms with Gasteiger partial charge < -0.3 is 0 Å². The molecule has 0 saturated heterocycles. The van der Waals surface area contributed by atoms with Gasteiger partial charge in [0.25, 0.3) is 0 Å². The first kappa shape index (κ1) is 16.9. The Morgan fingerprint density at radius 1 is 0.571 bits per heavy atom. The Balaban J connectivity index is 2.35. The van der Waals surface area contributed by atoms with Gasteiger partial charge in [0, 0.05) is 17.9 Å². The third-order valence-electron chi connectivity index (χ3n) is 3.39. The maximum Gasteiger partial charge on any atom is 0.0920 e. The van der Waals surface area contributed by atoms with Crippen molar-refractivity contribution in [3.8, 4) is 0 Å². The third-order valence-corrected chi connectivity index (χ3v) is 17.9. The van der Waals surface area contributed by atoms with E-state index in [0.717, 1.165) is 0 Å². The van der Waals surface area contributed by atoms with Crippen molar-refractivity contribution in [1.29, 1.82) is 0 Å². The highest BCUT2D eigenvalue weighted by molar-refractivity contribution is 9.11. The molecule has 7 heteroatoms. The summed E-state index contributed by atoms with van der Waals surface area (Å²) < 4.78 is 11.9. The molecule has 0 nitrogen and oxygen atoms in total. The predicted molar refractivity (Wildman–Crippen MR) is 116 cm³/mol. The van der Waals surface area contributed by atoms with Crippen LogP contribution in [0.15, 0.2) is 8.95 Å². The molecule has 0 aromatic carbocycles. The van der Waals surface area contributed by atoms with Crippen LogP contribution in [0.1, 0.15) is 0 Å². The van der Waals surface area contributed by atoms with Crippen LogP contribution in [-0.2, 0) is 0 Å². The van der Waals surface area contributed by atoms with E-state index >= 15 is 0 Å². The van der Waals surface area contributed by atoms with Crippen LogP contribution in [0.5, 0.6) is 0 Å². The van der Waals surface area contributed by atoms with Gasteiger partial charge in [0.15, 0.2) is 0 Å². The third kappa shape index (κ3) is 2.70. The number of halogens is 2. The Kier molecular flexibility index (Phi) is 4.22. The summed E-state index contributed by atoms with van der Waals surface area (Å²) in [7, 11) is -2.55. The minimum absolute atomic E-state index is 1.28. The molecule has 21 heavy (non-hydrogen) atoms. The first-order chi connectivity index (χ1) is 9.51. The normalized spacial score (nSPS) is 13.7. The first-order valence-corrected chi connectivity index (χ1v) is 17.9. The second-order valence-electron chi connectivity index (χ2n) is 7.41. The number of thiophene rings is 3. The zero-order valence-electron chi connectivity index (χ0n) is 13.0. The molecule has 0 aliphatic heterocycles. The SMILES string of the molecule is C[Si](C)(C)c1sc2c(sc3c(Br)c([Si](C)(C)C)sc32)c1Br. The summed E-state index contributed by atoms with van der Waals surface area (Å²) in [6.45, 7) is 14.6. The van der Waals surface area contributed by atoms with E-state index in [1.54, 1.807) is 9.00 Å². The molecule has 3 aromatic heterocycles. The summed E-state index contributed by atoms with van der Waals surface area (Å²) >= 11 is 13.8. The van der Waals surface area contributed by atoms with E-state index in [2.05, 4.69) is 71.1 Å².